The summed E-state index contributed by atoms with van der Waals surface area (Å²) in [6.45, 7) is 0.0361. The van der Waals surface area contributed by atoms with Crippen LogP contribution in [-0.2, 0) is 24.0 Å². The van der Waals surface area contributed by atoms with Gasteiger partial charge < -0.3 is 25.7 Å². The number of fused-ring (bicyclic) bond motifs is 1. The topological polar surface area (TPSA) is 169 Å². The lowest BCUT2D eigenvalue weighted by molar-refractivity contribution is -0.160. The molecular weight excluding hydrogens is 520 g/mol. The molecule has 4 heterocycles. The number of nitrogens with zero attached hydrogens (tertiary/aromatic N) is 4. The van der Waals surface area contributed by atoms with Gasteiger partial charge >= 0.3 is 5.97 Å². The second kappa shape index (κ2) is 10.8. The molecule has 0 aromatic carbocycles. The molecule has 2 atom stereocenters. The summed E-state index contributed by atoms with van der Waals surface area (Å²) in [4.78, 5) is 54.0. The Bertz CT molecular complexity index is 1260. The third kappa shape index (κ3) is 5.25. The van der Waals surface area contributed by atoms with E-state index in [1.54, 1.807) is 29.9 Å². The fraction of sp³-hybridized carbons (Fsp3) is 0.391. The zero-order valence-electron chi connectivity index (χ0n) is 19.5. The molecule has 0 bridgehead atoms. The van der Waals surface area contributed by atoms with Crippen LogP contribution in [0.25, 0.3) is 0 Å². The van der Waals surface area contributed by atoms with Gasteiger partial charge in [-0.15, -0.1) is 23.1 Å². The molecule has 1 aliphatic carbocycles. The highest BCUT2D eigenvalue weighted by Crippen LogP contribution is 2.35. The summed E-state index contributed by atoms with van der Waals surface area (Å²) >= 11 is 2.52. The van der Waals surface area contributed by atoms with Crippen LogP contribution in [0, 0.1) is 0 Å². The molecule has 0 radical (unpaired) electrons. The molecule has 2 unspecified atom stereocenters. The molecule has 2 aliphatic heterocycles. The molecule has 12 nitrogen and oxygen atoms in total. The van der Waals surface area contributed by atoms with E-state index in [9.17, 15) is 19.5 Å². The first-order chi connectivity index (χ1) is 17.9. The van der Waals surface area contributed by atoms with Gasteiger partial charge in [-0.05, 0) is 37.8 Å². The van der Waals surface area contributed by atoms with Crippen LogP contribution in [0.3, 0.4) is 0 Å². The summed E-state index contributed by atoms with van der Waals surface area (Å²) in [6.07, 6.45) is 6.94. The number of amides is 2. The van der Waals surface area contributed by atoms with Crippen LogP contribution in [0.4, 0.5) is 5.13 Å². The zero-order chi connectivity index (χ0) is 25.9. The largest absolute Gasteiger partial charge is 0.492 e. The summed E-state index contributed by atoms with van der Waals surface area (Å²) in [5.41, 5.74) is 5.66. The van der Waals surface area contributed by atoms with Gasteiger partial charge in [0, 0.05) is 22.7 Å². The number of pyridine rings is 1. The Balaban J connectivity index is 1.30. The third-order valence-electron chi connectivity index (χ3n) is 6.24. The van der Waals surface area contributed by atoms with Crippen molar-refractivity contribution in [3.8, 4) is 0 Å². The van der Waals surface area contributed by atoms with Gasteiger partial charge in [0.25, 0.3) is 11.8 Å². The summed E-state index contributed by atoms with van der Waals surface area (Å²) in [7, 11) is 0. The van der Waals surface area contributed by atoms with Gasteiger partial charge in [0.1, 0.15) is 36.2 Å². The number of carboxylic acid groups (broad SMARTS) is 1. The molecule has 5 rings (SSSR count). The maximum absolute atomic E-state index is 13.2. The van der Waals surface area contributed by atoms with E-state index in [2.05, 4.69) is 20.4 Å². The Kier molecular flexibility index (Phi) is 7.28. The van der Waals surface area contributed by atoms with Crippen molar-refractivity contribution >= 4 is 51.7 Å². The highest BCUT2D eigenvalue weighted by atomic mass is 32.2. The second-order valence-corrected chi connectivity index (χ2v) is 10.5. The van der Waals surface area contributed by atoms with Crippen molar-refractivity contribution in [1.29, 1.82) is 0 Å². The van der Waals surface area contributed by atoms with Crippen molar-refractivity contribution in [2.24, 2.45) is 5.16 Å². The number of thioether (sulfide) groups is 1. The number of oxime groups is 1. The predicted molar refractivity (Wildman–Crippen MR) is 135 cm³/mol. The average Bonchev–Trinajstić information content (AvgIpc) is 3.58. The number of nitrogen functional groups attached to an aromatic ring is 1. The lowest BCUT2D eigenvalue weighted by Crippen LogP contribution is -2.73. The molecule has 0 spiro atoms. The van der Waals surface area contributed by atoms with Crippen LogP contribution in [0.1, 0.15) is 31.4 Å². The van der Waals surface area contributed by atoms with Crippen LogP contribution < -0.4 is 11.1 Å². The summed E-state index contributed by atoms with van der Waals surface area (Å²) in [5.74, 6) is -2.08. The number of ether oxygens (including phenoxy) is 1. The first kappa shape index (κ1) is 25.0. The van der Waals surface area contributed by atoms with Gasteiger partial charge in [-0.25, -0.2) is 9.78 Å². The van der Waals surface area contributed by atoms with E-state index in [4.69, 9.17) is 15.3 Å². The van der Waals surface area contributed by atoms with Crippen molar-refractivity contribution in [3.05, 3.63) is 47.1 Å². The van der Waals surface area contributed by atoms with Crippen LogP contribution in [-0.4, -0.2) is 74.0 Å². The number of β-lactam (4-membered cyclic amide) rings is 1. The number of nitrogens with two attached hydrogens (primary N) is 1. The van der Waals surface area contributed by atoms with Crippen molar-refractivity contribution in [2.75, 3.05) is 18.1 Å². The molecule has 14 heteroatoms. The minimum atomic E-state index is -1.28. The van der Waals surface area contributed by atoms with E-state index < -0.39 is 29.9 Å². The highest BCUT2D eigenvalue weighted by molar-refractivity contribution is 7.99. The minimum Gasteiger partial charge on any atom is -0.492 e. The number of hydrogen-bond donors (Lipinski definition) is 3. The van der Waals surface area contributed by atoms with E-state index in [0.29, 0.717) is 0 Å². The van der Waals surface area contributed by atoms with E-state index >= 15 is 0 Å². The number of hydrogen-bond acceptors (Lipinski definition) is 11. The summed E-state index contributed by atoms with van der Waals surface area (Å²) in [5, 5.41) is 18.4. The third-order valence-corrected chi connectivity index (χ3v) is 7.92. The van der Waals surface area contributed by atoms with Crippen LogP contribution in [0.15, 0.2) is 51.4 Å². The number of anilines is 1. The number of thiazole rings is 1. The number of aromatic nitrogens is 2. The van der Waals surface area contributed by atoms with Crippen molar-refractivity contribution in [3.63, 3.8) is 0 Å². The molecule has 4 N–H and O–H groups in total. The maximum atomic E-state index is 13.2. The number of aliphatic carboxylic acids is 1. The lowest BCUT2D eigenvalue weighted by atomic mass is 9.92. The maximum Gasteiger partial charge on any atom is 0.356 e. The van der Waals surface area contributed by atoms with Gasteiger partial charge in [0.2, 0.25) is 0 Å². The van der Waals surface area contributed by atoms with Gasteiger partial charge in [-0.1, -0.05) is 5.16 Å². The quantitative estimate of drug-likeness (QED) is 0.182. The number of nitrogens with one attached hydrogen (secondary N) is 1. The van der Waals surface area contributed by atoms with Crippen molar-refractivity contribution in [1.82, 2.24) is 20.2 Å². The van der Waals surface area contributed by atoms with Crippen molar-refractivity contribution in [2.45, 2.75) is 48.8 Å². The van der Waals surface area contributed by atoms with E-state index in [0.717, 1.165) is 41.9 Å². The number of carbonyl (C=O) groups is 3. The zero-order valence-corrected chi connectivity index (χ0v) is 21.2. The standard InChI is InChI=1S/C23H24N6O6S2/c24-23-26-14(10-37-23)17(28-35-12-3-1-2-4-12)20(30)27-18-15-9-34-16(11-36-13-5-7-25-8-6-13)19(22(32)33)29(15)21(18)31/h5-8,10,12,15,18H,1-4,9,11H2,(H2,24,26)(H,27,30)(H,32,33)/b28-17-. The molecule has 194 valence electrons. The summed E-state index contributed by atoms with van der Waals surface area (Å²) < 4.78 is 5.77. The molecule has 2 amide bonds. The van der Waals surface area contributed by atoms with Crippen LogP contribution in [0.5, 0.6) is 0 Å². The molecule has 1 saturated heterocycles. The monoisotopic (exact) mass is 544 g/mol. The second-order valence-electron chi connectivity index (χ2n) is 8.61. The van der Waals surface area contributed by atoms with E-state index in [1.165, 1.54) is 16.7 Å². The Morgan fingerprint density at radius 1 is 1.32 bits per heavy atom. The van der Waals surface area contributed by atoms with Crippen LogP contribution >= 0.6 is 23.1 Å². The molecule has 2 aromatic rings. The predicted octanol–water partition coefficient (Wildman–Crippen LogP) is 1.60. The fourth-order valence-electron chi connectivity index (χ4n) is 4.39. The van der Waals surface area contributed by atoms with E-state index in [-0.39, 0.29) is 46.5 Å². The molecule has 37 heavy (non-hydrogen) atoms. The molecule has 3 aliphatic rings. The Morgan fingerprint density at radius 2 is 2.08 bits per heavy atom. The van der Waals surface area contributed by atoms with Gasteiger partial charge in [0.05, 0.1) is 5.75 Å². The first-order valence-electron chi connectivity index (χ1n) is 11.6. The number of rotatable bonds is 9. The smallest absolute Gasteiger partial charge is 0.356 e. The first-order valence-corrected chi connectivity index (χ1v) is 13.5. The van der Waals surface area contributed by atoms with Gasteiger partial charge in [0.15, 0.2) is 16.5 Å². The molecule has 2 fully saturated rings. The normalized spacial score (nSPS) is 21.8. The number of carbonyl (C=O) groups excluding carboxylic acids is 2. The van der Waals surface area contributed by atoms with Crippen LogP contribution in [0.2, 0.25) is 0 Å². The Labute approximate surface area is 219 Å². The Hall–Kier alpha value is -3.65. The molecule has 1 saturated carbocycles. The highest BCUT2D eigenvalue weighted by Gasteiger charge is 2.55. The average molecular weight is 545 g/mol. The lowest BCUT2D eigenvalue weighted by Gasteiger charge is -2.49. The fourth-order valence-corrected chi connectivity index (χ4v) is 5.77. The van der Waals surface area contributed by atoms with Crippen molar-refractivity contribution < 1.29 is 29.1 Å². The molecule has 2 aromatic heterocycles. The van der Waals surface area contributed by atoms with Gasteiger partial charge in [-0.2, -0.15) is 0 Å². The summed E-state index contributed by atoms with van der Waals surface area (Å²) in [6, 6.07) is 1.94. The van der Waals surface area contributed by atoms with E-state index in [1.807, 2.05) is 0 Å². The minimum absolute atomic E-state index is 0.0361. The SMILES string of the molecule is Nc1nc(/C(=N/OC2CCCC2)C(=O)NC2C(=O)N3C(C(=O)O)=C(CSc4ccncc4)OCC23)cs1. The number of carboxylic acids is 1. The Morgan fingerprint density at radius 3 is 2.76 bits per heavy atom. The van der Waals surface area contributed by atoms with Gasteiger partial charge in [-0.3, -0.25) is 19.5 Å². The molecular formula is C23H24N6O6S2.